The quantitative estimate of drug-likeness (QED) is 0.796. The molecule has 0 aliphatic carbocycles. The number of benzene rings is 2. The van der Waals surface area contributed by atoms with E-state index in [0.29, 0.717) is 12.0 Å². The van der Waals surface area contributed by atoms with Crippen LogP contribution in [0.1, 0.15) is 49.2 Å². The van der Waals surface area contributed by atoms with Crippen LogP contribution < -0.4 is 10.0 Å². The molecule has 134 valence electrons. The molecule has 5 nitrogen and oxygen atoms in total. The van der Waals surface area contributed by atoms with Crippen LogP contribution in [0.5, 0.6) is 0 Å². The number of amides is 1. The fourth-order valence-corrected chi connectivity index (χ4v) is 3.70. The third kappa shape index (κ3) is 5.14. The lowest BCUT2D eigenvalue weighted by molar-refractivity contribution is 0.0939. The van der Waals surface area contributed by atoms with Crippen LogP contribution in [0.15, 0.2) is 59.5 Å². The minimum Gasteiger partial charge on any atom is -0.346 e. The Balaban J connectivity index is 2.16. The van der Waals surface area contributed by atoms with Gasteiger partial charge in [0.2, 0.25) is 10.0 Å². The first kappa shape index (κ1) is 19.1. The van der Waals surface area contributed by atoms with Crippen LogP contribution in [0.25, 0.3) is 0 Å². The van der Waals surface area contributed by atoms with E-state index in [9.17, 15) is 13.2 Å². The van der Waals surface area contributed by atoms with E-state index in [1.54, 1.807) is 19.1 Å². The number of carbonyl (C=O) groups is 1. The molecule has 0 spiro atoms. The first-order chi connectivity index (χ1) is 11.8. The Morgan fingerprint density at radius 2 is 1.72 bits per heavy atom. The second-order valence-corrected chi connectivity index (χ2v) is 7.78. The van der Waals surface area contributed by atoms with Gasteiger partial charge in [0.25, 0.3) is 5.91 Å². The van der Waals surface area contributed by atoms with E-state index in [2.05, 4.69) is 10.0 Å². The number of carbonyl (C=O) groups excluding carboxylic acids is 1. The molecule has 0 bridgehead atoms. The SMILES string of the molecule is CCC(C)NS(=O)(=O)c1cccc(C(=O)NC(C)c2ccccc2)c1. The zero-order valence-electron chi connectivity index (χ0n) is 14.7. The van der Waals surface area contributed by atoms with Crippen molar-refractivity contribution in [2.75, 3.05) is 0 Å². The van der Waals surface area contributed by atoms with Gasteiger partial charge in [0.1, 0.15) is 0 Å². The van der Waals surface area contributed by atoms with E-state index < -0.39 is 10.0 Å². The average Bonchev–Trinajstić information content (AvgIpc) is 2.62. The van der Waals surface area contributed by atoms with Gasteiger partial charge in [0.05, 0.1) is 10.9 Å². The largest absolute Gasteiger partial charge is 0.346 e. The van der Waals surface area contributed by atoms with Crippen molar-refractivity contribution in [3.05, 3.63) is 65.7 Å². The molecule has 0 aliphatic rings. The summed E-state index contributed by atoms with van der Waals surface area (Å²) in [6, 6.07) is 15.3. The van der Waals surface area contributed by atoms with Gasteiger partial charge in [-0.3, -0.25) is 4.79 Å². The smallest absolute Gasteiger partial charge is 0.251 e. The highest BCUT2D eigenvalue weighted by Crippen LogP contribution is 2.15. The molecule has 0 saturated carbocycles. The molecule has 0 aromatic heterocycles. The summed E-state index contributed by atoms with van der Waals surface area (Å²) in [4.78, 5) is 12.6. The molecule has 0 aliphatic heterocycles. The fourth-order valence-electron chi connectivity index (χ4n) is 2.33. The topological polar surface area (TPSA) is 75.3 Å². The normalized spacial score (nSPS) is 13.9. The average molecular weight is 360 g/mol. The summed E-state index contributed by atoms with van der Waals surface area (Å²) >= 11 is 0. The first-order valence-electron chi connectivity index (χ1n) is 8.31. The molecule has 0 radical (unpaired) electrons. The Morgan fingerprint density at radius 3 is 2.36 bits per heavy atom. The predicted octanol–water partition coefficient (Wildman–Crippen LogP) is 3.25. The van der Waals surface area contributed by atoms with E-state index >= 15 is 0 Å². The van der Waals surface area contributed by atoms with Crippen LogP contribution in [-0.4, -0.2) is 20.4 Å². The van der Waals surface area contributed by atoms with Crippen molar-refractivity contribution in [3.63, 3.8) is 0 Å². The molecule has 2 N–H and O–H groups in total. The standard InChI is InChI=1S/C19H24N2O3S/c1-4-14(2)21-25(23,24)18-12-8-11-17(13-18)19(22)20-15(3)16-9-6-5-7-10-16/h5-15,21H,4H2,1-3H3,(H,20,22). The summed E-state index contributed by atoms with van der Waals surface area (Å²) in [5.74, 6) is -0.308. The van der Waals surface area contributed by atoms with Gasteiger partial charge in [-0.25, -0.2) is 13.1 Å². The Morgan fingerprint density at radius 1 is 1.04 bits per heavy atom. The summed E-state index contributed by atoms with van der Waals surface area (Å²) in [6.45, 7) is 5.59. The third-order valence-corrected chi connectivity index (χ3v) is 5.61. The van der Waals surface area contributed by atoms with Crippen molar-refractivity contribution < 1.29 is 13.2 Å². The molecule has 6 heteroatoms. The lowest BCUT2D eigenvalue weighted by Crippen LogP contribution is -2.32. The van der Waals surface area contributed by atoms with Crippen LogP contribution in [0.2, 0.25) is 0 Å². The van der Waals surface area contributed by atoms with Crippen molar-refractivity contribution >= 4 is 15.9 Å². The van der Waals surface area contributed by atoms with Gasteiger partial charge < -0.3 is 5.32 Å². The van der Waals surface area contributed by atoms with Gasteiger partial charge in [-0.1, -0.05) is 43.3 Å². The Bertz CT molecular complexity index is 820. The van der Waals surface area contributed by atoms with Crippen LogP contribution >= 0.6 is 0 Å². The maximum atomic E-state index is 12.5. The minimum absolute atomic E-state index is 0.0906. The van der Waals surface area contributed by atoms with Gasteiger partial charge in [-0.05, 0) is 44.0 Å². The van der Waals surface area contributed by atoms with Gasteiger partial charge in [-0.2, -0.15) is 0 Å². The summed E-state index contributed by atoms with van der Waals surface area (Å²) < 4.78 is 27.3. The van der Waals surface area contributed by atoms with Crippen molar-refractivity contribution in [2.45, 2.75) is 44.2 Å². The van der Waals surface area contributed by atoms with Crippen molar-refractivity contribution in [1.29, 1.82) is 0 Å². The van der Waals surface area contributed by atoms with Gasteiger partial charge >= 0.3 is 0 Å². The van der Waals surface area contributed by atoms with Crippen molar-refractivity contribution in [3.8, 4) is 0 Å². The Kier molecular flexibility index (Phi) is 6.33. The zero-order chi connectivity index (χ0) is 18.4. The third-order valence-electron chi connectivity index (χ3n) is 4.02. The van der Waals surface area contributed by atoms with E-state index in [1.807, 2.05) is 44.2 Å². The van der Waals surface area contributed by atoms with E-state index in [1.165, 1.54) is 12.1 Å². The molecule has 2 aromatic rings. The molecule has 25 heavy (non-hydrogen) atoms. The Hall–Kier alpha value is -2.18. The van der Waals surface area contributed by atoms with Gasteiger partial charge in [0, 0.05) is 11.6 Å². The van der Waals surface area contributed by atoms with Crippen LogP contribution in [0.4, 0.5) is 0 Å². The highest BCUT2D eigenvalue weighted by atomic mass is 32.2. The lowest BCUT2D eigenvalue weighted by Gasteiger charge is -2.15. The maximum Gasteiger partial charge on any atom is 0.251 e. The zero-order valence-corrected chi connectivity index (χ0v) is 15.5. The van der Waals surface area contributed by atoms with Crippen LogP contribution in [0, 0.1) is 0 Å². The summed E-state index contributed by atoms with van der Waals surface area (Å²) in [6.07, 6.45) is 0.688. The number of hydrogen-bond donors (Lipinski definition) is 2. The van der Waals surface area contributed by atoms with Crippen molar-refractivity contribution in [1.82, 2.24) is 10.0 Å². The molecule has 1 amide bonds. The van der Waals surface area contributed by atoms with E-state index in [4.69, 9.17) is 0 Å². The lowest BCUT2D eigenvalue weighted by atomic mass is 10.1. The fraction of sp³-hybridized carbons (Fsp3) is 0.316. The molecule has 0 heterocycles. The second-order valence-electron chi connectivity index (χ2n) is 6.06. The summed E-state index contributed by atoms with van der Waals surface area (Å²) in [7, 11) is -3.64. The Labute approximate surface area is 149 Å². The monoisotopic (exact) mass is 360 g/mol. The van der Waals surface area contributed by atoms with Gasteiger partial charge in [-0.15, -0.1) is 0 Å². The van der Waals surface area contributed by atoms with Crippen molar-refractivity contribution in [2.24, 2.45) is 0 Å². The highest BCUT2D eigenvalue weighted by Gasteiger charge is 2.19. The maximum absolute atomic E-state index is 12.5. The second kappa shape index (κ2) is 8.27. The first-order valence-corrected chi connectivity index (χ1v) is 9.80. The van der Waals surface area contributed by atoms with Gasteiger partial charge in [0.15, 0.2) is 0 Å². The molecular formula is C19H24N2O3S. The van der Waals surface area contributed by atoms with Crippen LogP contribution in [-0.2, 0) is 10.0 Å². The molecular weight excluding hydrogens is 336 g/mol. The molecule has 2 rings (SSSR count). The molecule has 2 unspecified atom stereocenters. The number of nitrogens with one attached hydrogen (secondary N) is 2. The molecule has 0 saturated heterocycles. The molecule has 0 fully saturated rings. The predicted molar refractivity (Wildman–Crippen MR) is 98.8 cm³/mol. The minimum atomic E-state index is -3.64. The highest BCUT2D eigenvalue weighted by molar-refractivity contribution is 7.89. The molecule has 2 atom stereocenters. The summed E-state index contributed by atoms with van der Waals surface area (Å²) in [5, 5.41) is 2.89. The number of rotatable bonds is 7. The van der Waals surface area contributed by atoms with E-state index in [0.717, 1.165) is 5.56 Å². The van der Waals surface area contributed by atoms with Crippen LogP contribution in [0.3, 0.4) is 0 Å². The number of hydrogen-bond acceptors (Lipinski definition) is 3. The number of sulfonamides is 1. The summed E-state index contributed by atoms with van der Waals surface area (Å²) in [5.41, 5.74) is 1.30. The molecule has 2 aromatic carbocycles. The van der Waals surface area contributed by atoms with E-state index in [-0.39, 0.29) is 22.9 Å².